The van der Waals surface area contributed by atoms with E-state index in [1.807, 2.05) is 6.07 Å². The van der Waals surface area contributed by atoms with Crippen LogP contribution in [0.4, 0.5) is 13.2 Å². The van der Waals surface area contributed by atoms with Gasteiger partial charge in [0.1, 0.15) is 6.07 Å². The first-order chi connectivity index (χ1) is 8.43. The van der Waals surface area contributed by atoms with Crippen LogP contribution >= 0.6 is 0 Å². The van der Waals surface area contributed by atoms with Crippen LogP contribution in [0.2, 0.25) is 0 Å². The van der Waals surface area contributed by atoms with Gasteiger partial charge in [-0.3, -0.25) is 0 Å². The lowest BCUT2D eigenvalue weighted by atomic mass is 10.1. The molecule has 18 heavy (non-hydrogen) atoms. The van der Waals surface area contributed by atoms with E-state index in [0.29, 0.717) is 11.3 Å². The monoisotopic (exact) mass is 251 g/mol. The Labute approximate surface area is 101 Å². The summed E-state index contributed by atoms with van der Waals surface area (Å²) in [7, 11) is 0. The second kappa shape index (κ2) is 4.18. The fraction of sp³-hybridized carbons (Fsp3) is 0.167. The first-order valence-corrected chi connectivity index (χ1v) is 5.05. The predicted octanol–water partition coefficient (Wildman–Crippen LogP) is 3.07. The van der Waals surface area contributed by atoms with Crippen LogP contribution in [0.15, 0.2) is 30.6 Å². The quantitative estimate of drug-likeness (QED) is 0.781. The summed E-state index contributed by atoms with van der Waals surface area (Å²) in [5.74, 6) is 0. The Hall–Kier alpha value is -2.29. The number of hydrogen-bond acceptors (Lipinski definition) is 2. The lowest BCUT2D eigenvalue weighted by Crippen LogP contribution is -2.04. The first-order valence-electron chi connectivity index (χ1n) is 5.05. The van der Waals surface area contributed by atoms with Crippen molar-refractivity contribution in [3.63, 3.8) is 0 Å². The number of alkyl halides is 3. The molecule has 0 unspecified atom stereocenters. The van der Waals surface area contributed by atoms with Gasteiger partial charge >= 0.3 is 6.18 Å². The average molecular weight is 251 g/mol. The van der Waals surface area contributed by atoms with Gasteiger partial charge in [0.25, 0.3) is 0 Å². The molecule has 0 aliphatic heterocycles. The van der Waals surface area contributed by atoms with Crippen molar-refractivity contribution in [2.24, 2.45) is 0 Å². The number of halogens is 3. The third-order valence-electron chi connectivity index (χ3n) is 2.50. The summed E-state index contributed by atoms with van der Waals surface area (Å²) in [6.07, 6.45) is -2.81. The maximum atomic E-state index is 12.5. The highest BCUT2D eigenvalue weighted by Crippen LogP contribution is 2.29. The molecule has 0 spiro atoms. The van der Waals surface area contributed by atoms with E-state index in [0.717, 1.165) is 17.1 Å². The van der Waals surface area contributed by atoms with Crippen molar-refractivity contribution in [3.8, 4) is 11.8 Å². The Morgan fingerprint density at radius 3 is 2.61 bits per heavy atom. The minimum atomic E-state index is -4.44. The summed E-state index contributed by atoms with van der Waals surface area (Å²) in [5, 5.41) is 12.6. The van der Waals surface area contributed by atoms with E-state index in [1.54, 1.807) is 19.1 Å². The number of para-hydroxylation sites is 1. The molecule has 0 saturated heterocycles. The van der Waals surface area contributed by atoms with Crippen molar-refractivity contribution < 1.29 is 13.2 Å². The molecule has 0 fully saturated rings. The Morgan fingerprint density at radius 1 is 1.33 bits per heavy atom. The van der Waals surface area contributed by atoms with Crippen LogP contribution in [0.1, 0.15) is 16.7 Å². The van der Waals surface area contributed by atoms with Crippen LogP contribution in [-0.2, 0) is 6.18 Å². The minimum Gasteiger partial charge on any atom is -0.239 e. The minimum absolute atomic E-state index is 0.284. The van der Waals surface area contributed by atoms with E-state index < -0.39 is 11.7 Å². The van der Waals surface area contributed by atoms with Crippen molar-refractivity contribution in [1.29, 1.82) is 5.26 Å². The zero-order valence-electron chi connectivity index (χ0n) is 9.36. The molecule has 0 saturated carbocycles. The molecule has 92 valence electrons. The van der Waals surface area contributed by atoms with Crippen molar-refractivity contribution >= 4 is 0 Å². The van der Waals surface area contributed by atoms with E-state index in [4.69, 9.17) is 5.26 Å². The summed E-state index contributed by atoms with van der Waals surface area (Å²) in [4.78, 5) is 0. The lowest BCUT2D eigenvalue weighted by Gasteiger charge is -2.07. The highest BCUT2D eigenvalue weighted by atomic mass is 19.4. The van der Waals surface area contributed by atoms with Crippen LogP contribution in [0.5, 0.6) is 0 Å². The highest BCUT2D eigenvalue weighted by molar-refractivity contribution is 5.53. The van der Waals surface area contributed by atoms with Crippen LogP contribution in [0, 0.1) is 18.3 Å². The Morgan fingerprint density at radius 2 is 2.06 bits per heavy atom. The normalized spacial score (nSPS) is 11.3. The van der Waals surface area contributed by atoms with Gasteiger partial charge < -0.3 is 0 Å². The van der Waals surface area contributed by atoms with Gasteiger partial charge in [-0.25, -0.2) is 4.68 Å². The fourth-order valence-electron chi connectivity index (χ4n) is 1.64. The largest absolute Gasteiger partial charge is 0.419 e. The molecule has 6 heteroatoms. The van der Waals surface area contributed by atoms with E-state index in [2.05, 4.69) is 5.10 Å². The average Bonchev–Trinajstić information content (AvgIpc) is 2.77. The van der Waals surface area contributed by atoms with Gasteiger partial charge in [-0.2, -0.15) is 23.5 Å². The second-order valence-corrected chi connectivity index (χ2v) is 3.75. The third kappa shape index (κ3) is 2.07. The third-order valence-corrected chi connectivity index (χ3v) is 2.50. The maximum Gasteiger partial charge on any atom is 0.419 e. The topological polar surface area (TPSA) is 41.6 Å². The molecule has 0 radical (unpaired) electrons. The molecule has 1 heterocycles. The zero-order chi connectivity index (χ0) is 13.3. The molecule has 0 N–H and O–H groups in total. The second-order valence-electron chi connectivity index (χ2n) is 3.75. The number of hydrogen-bond donors (Lipinski definition) is 0. The number of rotatable bonds is 1. The van der Waals surface area contributed by atoms with Crippen LogP contribution in [0.3, 0.4) is 0 Å². The molecule has 2 aromatic rings. The Kier molecular flexibility index (Phi) is 2.83. The molecule has 1 aromatic carbocycles. The predicted molar refractivity (Wildman–Crippen MR) is 58.0 cm³/mol. The van der Waals surface area contributed by atoms with Gasteiger partial charge in [-0.1, -0.05) is 12.1 Å². The molecule has 1 aromatic heterocycles. The summed E-state index contributed by atoms with van der Waals surface area (Å²) >= 11 is 0. The lowest BCUT2D eigenvalue weighted by molar-refractivity contribution is -0.137. The number of nitrogens with zero attached hydrogens (tertiary/aromatic N) is 3. The summed E-state index contributed by atoms with van der Waals surface area (Å²) in [5.41, 5.74) is 0.503. The Balaban J connectivity index is 2.57. The van der Waals surface area contributed by atoms with Gasteiger partial charge in [0.2, 0.25) is 0 Å². The van der Waals surface area contributed by atoms with Gasteiger partial charge in [-0.05, 0) is 18.6 Å². The molecule has 0 amide bonds. The molecule has 0 aliphatic rings. The summed E-state index contributed by atoms with van der Waals surface area (Å²) < 4.78 is 38.5. The number of benzene rings is 1. The van der Waals surface area contributed by atoms with Gasteiger partial charge in [0.15, 0.2) is 0 Å². The van der Waals surface area contributed by atoms with Crippen molar-refractivity contribution in [2.45, 2.75) is 13.1 Å². The summed E-state index contributed by atoms with van der Waals surface area (Å²) in [6, 6.07) is 6.87. The SMILES string of the molecule is Cc1cccc(C#N)c1-n1cc(C(F)(F)F)cn1. The number of nitriles is 1. The van der Waals surface area contributed by atoms with Crippen LogP contribution in [0.25, 0.3) is 5.69 Å². The maximum absolute atomic E-state index is 12.5. The van der Waals surface area contributed by atoms with Crippen molar-refractivity contribution in [1.82, 2.24) is 9.78 Å². The number of aromatic nitrogens is 2. The van der Waals surface area contributed by atoms with E-state index in [1.165, 1.54) is 6.07 Å². The van der Waals surface area contributed by atoms with Crippen LogP contribution in [-0.4, -0.2) is 9.78 Å². The molecular formula is C12H8F3N3. The molecular weight excluding hydrogens is 243 g/mol. The standard InChI is InChI=1S/C12H8F3N3/c1-8-3-2-4-9(5-16)11(8)18-7-10(6-17-18)12(13,14)15/h2-4,6-7H,1H3. The van der Waals surface area contributed by atoms with Gasteiger partial charge in [0.05, 0.1) is 23.0 Å². The Bertz CT molecular complexity index is 620. The van der Waals surface area contributed by atoms with E-state index in [9.17, 15) is 13.2 Å². The van der Waals surface area contributed by atoms with Crippen molar-refractivity contribution in [2.75, 3.05) is 0 Å². The highest BCUT2D eigenvalue weighted by Gasteiger charge is 2.32. The first kappa shape index (κ1) is 12.2. The molecule has 0 aliphatic carbocycles. The van der Waals surface area contributed by atoms with E-state index >= 15 is 0 Å². The van der Waals surface area contributed by atoms with Gasteiger partial charge in [-0.15, -0.1) is 0 Å². The fourth-order valence-corrected chi connectivity index (χ4v) is 1.64. The zero-order valence-corrected chi connectivity index (χ0v) is 9.36. The molecule has 0 atom stereocenters. The number of aryl methyl sites for hydroxylation is 1. The van der Waals surface area contributed by atoms with E-state index in [-0.39, 0.29) is 5.56 Å². The molecule has 3 nitrogen and oxygen atoms in total. The molecule has 2 rings (SSSR count). The van der Waals surface area contributed by atoms with Crippen LogP contribution < -0.4 is 0 Å². The summed E-state index contributed by atoms with van der Waals surface area (Å²) in [6.45, 7) is 1.71. The van der Waals surface area contributed by atoms with Crippen molar-refractivity contribution in [3.05, 3.63) is 47.3 Å². The smallest absolute Gasteiger partial charge is 0.239 e. The van der Waals surface area contributed by atoms with Gasteiger partial charge in [0, 0.05) is 6.20 Å². The molecule has 0 bridgehead atoms.